The van der Waals surface area contributed by atoms with Crippen molar-refractivity contribution in [1.29, 1.82) is 0 Å². The molecule has 1 saturated heterocycles. The molecule has 2 aliphatic rings. The van der Waals surface area contributed by atoms with Crippen LogP contribution in [0.1, 0.15) is 18.5 Å². The zero-order chi connectivity index (χ0) is 12.5. The second-order valence-corrected chi connectivity index (χ2v) is 5.46. The molecule has 2 fully saturated rings. The summed E-state index contributed by atoms with van der Waals surface area (Å²) in [6, 6.07) is 4.76. The average Bonchev–Trinajstić information content (AvgIpc) is 3.24. The van der Waals surface area contributed by atoms with Crippen LogP contribution >= 0.6 is 11.6 Å². The summed E-state index contributed by atoms with van der Waals surface area (Å²) in [6.45, 7) is 4.79. The molecule has 98 valence electrons. The molecule has 0 atom stereocenters. The third-order valence-corrected chi connectivity index (χ3v) is 4.14. The molecule has 0 aromatic carbocycles. The number of piperazine rings is 1. The van der Waals surface area contributed by atoms with Gasteiger partial charge in [0.05, 0.1) is 10.7 Å². The molecule has 0 unspecified atom stereocenters. The minimum Gasteiger partial charge on any atom is -0.354 e. The first-order valence-corrected chi connectivity index (χ1v) is 7.00. The Hall–Kier alpha value is -0.840. The van der Waals surface area contributed by atoms with E-state index >= 15 is 0 Å². The van der Waals surface area contributed by atoms with Gasteiger partial charge in [0.2, 0.25) is 0 Å². The van der Waals surface area contributed by atoms with Crippen molar-refractivity contribution in [2.45, 2.75) is 25.4 Å². The van der Waals surface area contributed by atoms with Crippen LogP contribution < -0.4 is 10.6 Å². The number of hydrogen-bond acceptors (Lipinski definition) is 4. The lowest BCUT2D eigenvalue weighted by atomic mass is 10.3. The van der Waals surface area contributed by atoms with Crippen LogP contribution in [0.2, 0.25) is 5.02 Å². The normalized spacial score (nSPS) is 21.3. The lowest BCUT2D eigenvalue weighted by Crippen LogP contribution is -2.47. The van der Waals surface area contributed by atoms with Gasteiger partial charge in [0.15, 0.2) is 0 Å². The summed E-state index contributed by atoms with van der Waals surface area (Å²) in [5.41, 5.74) is 6.44. The van der Waals surface area contributed by atoms with Crippen LogP contribution in [0.4, 0.5) is 5.82 Å². The topological polar surface area (TPSA) is 45.4 Å². The number of aromatic nitrogens is 1. The van der Waals surface area contributed by atoms with E-state index in [0.717, 1.165) is 43.7 Å². The van der Waals surface area contributed by atoms with Crippen LogP contribution in [0.5, 0.6) is 0 Å². The largest absolute Gasteiger partial charge is 0.354 e. The molecule has 0 bridgehead atoms. The fraction of sp³-hybridized carbons (Fsp3) is 0.615. The van der Waals surface area contributed by atoms with Gasteiger partial charge in [0.1, 0.15) is 5.82 Å². The second-order valence-electron chi connectivity index (χ2n) is 5.06. The Labute approximate surface area is 113 Å². The van der Waals surface area contributed by atoms with E-state index in [2.05, 4.69) is 14.8 Å². The van der Waals surface area contributed by atoms with Crippen LogP contribution in [0.15, 0.2) is 12.1 Å². The van der Waals surface area contributed by atoms with Gasteiger partial charge in [-0.3, -0.25) is 4.90 Å². The molecule has 3 rings (SSSR count). The molecule has 1 saturated carbocycles. The lowest BCUT2D eigenvalue weighted by molar-refractivity contribution is 0.247. The molecule has 18 heavy (non-hydrogen) atoms. The lowest BCUT2D eigenvalue weighted by Gasteiger charge is -2.35. The van der Waals surface area contributed by atoms with E-state index in [0.29, 0.717) is 11.6 Å². The van der Waals surface area contributed by atoms with Gasteiger partial charge in [-0.1, -0.05) is 11.6 Å². The molecule has 0 amide bonds. The van der Waals surface area contributed by atoms with Crippen LogP contribution in [0, 0.1) is 0 Å². The molecular weight excluding hydrogens is 248 g/mol. The Kier molecular flexibility index (Phi) is 3.41. The number of pyridine rings is 1. The first kappa shape index (κ1) is 12.2. The van der Waals surface area contributed by atoms with Gasteiger partial charge in [-0.15, -0.1) is 0 Å². The van der Waals surface area contributed by atoms with E-state index in [4.69, 9.17) is 17.3 Å². The van der Waals surface area contributed by atoms with Crippen molar-refractivity contribution in [3.63, 3.8) is 0 Å². The molecule has 4 nitrogen and oxygen atoms in total. The summed E-state index contributed by atoms with van der Waals surface area (Å²) < 4.78 is 0. The van der Waals surface area contributed by atoms with Gasteiger partial charge in [-0.25, -0.2) is 4.98 Å². The maximum absolute atomic E-state index is 6.04. The maximum Gasteiger partial charge on any atom is 0.129 e. The number of anilines is 1. The summed E-state index contributed by atoms with van der Waals surface area (Å²) in [6.07, 6.45) is 2.77. The van der Waals surface area contributed by atoms with E-state index < -0.39 is 0 Å². The standard InChI is InChI=1S/C13H19ClN4/c14-11-3-4-13(16-12(11)9-15)18-7-5-17(6-8-18)10-1-2-10/h3-4,10H,1-2,5-9,15H2. The van der Waals surface area contributed by atoms with Crippen molar-refractivity contribution >= 4 is 17.4 Å². The predicted molar refractivity (Wildman–Crippen MR) is 73.9 cm³/mol. The molecule has 2 N–H and O–H groups in total. The summed E-state index contributed by atoms with van der Waals surface area (Å²) >= 11 is 6.04. The van der Waals surface area contributed by atoms with Gasteiger partial charge in [-0.05, 0) is 25.0 Å². The second kappa shape index (κ2) is 5.03. The number of nitrogens with two attached hydrogens (primary N) is 1. The highest BCUT2D eigenvalue weighted by Crippen LogP contribution is 2.28. The fourth-order valence-electron chi connectivity index (χ4n) is 2.55. The highest BCUT2D eigenvalue weighted by Gasteiger charge is 2.31. The van der Waals surface area contributed by atoms with Crippen molar-refractivity contribution < 1.29 is 0 Å². The van der Waals surface area contributed by atoms with E-state index in [1.165, 1.54) is 12.8 Å². The van der Waals surface area contributed by atoms with Crippen LogP contribution in [0.25, 0.3) is 0 Å². The maximum atomic E-state index is 6.04. The number of hydrogen-bond donors (Lipinski definition) is 1. The summed E-state index contributed by atoms with van der Waals surface area (Å²) in [5.74, 6) is 1.01. The van der Waals surface area contributed by atoms with Gasteiger partial charge >= 0.3 is 0 Å². The van der Waals surface area contributed by atoms with E-state index in [9.17, 15) is 0 Å². The van der Waals surface area contributed by atoms with E-state index in [-0.39, 0.29) is 0 Å². The molecule has 1 aliphatic heterocycles. The summed E-state index contributed by atoms with van der Waals surface area (Å²) in [7, 11) is 0. The molecule has 0 radical (unpaired) electrons. The Morgan fingerprint density at radius 1 is 1.22 bits per heavy atom. The minimum atomic E-state index is 0.398. The first-order chi connectivity index (χ1) is 8.78. The summed E-state index contributed by atoms with van der Waals surface area (Å²) in [5, 5.41) is 0.665. The van der Waals surface area contributed by atoms with E-state index in [1.54, 1.807) is 0 Å². The Balaban J connectivity index is 1.67. The van der Waals surface area contributed by atoms with E-state index in [1.807, 2.05) is 12.1 Å². The van der Waals surface area contributed by atoms with Gasteiger partial charge in [0, 0.05) is 38.8 Å². The van der Waals surface area contributed by atoms with Crippen molar-refractivity contribution in [2.24, 2.45) is 5.73 Å². The smallest absolute Gasteiger partial charge is 0.129 e. The van der Waals surface area contributed by atoms with Gasteiger partial charge in [-0.2, -0.15) is 0 Å². The van der Waals surface area contributed by atoms with Crippen molar-refractivity contribution in [3.8, 4) is 0 Å². The summed E-state index contributed by atoms with van der Waals surface area (Å²) in [4.78, 5) is 9.47. The third kappa shape index (κ3) is 2.46. The monoisotopic (exact) mass is 266 g/mol. The van der Waals surface area contributed by atoms with Gasteiger partial charge < -0.3 is 10.6 Å². The van der Waals surface area contributed by atoms with Crippen molar-refractivity contribution in [3.05, 3.63) is 22.8 Å². The predicted octanol–water partition coefficient (Wildman–Crippen LogP) is 1.48. The van der Waals surface area contributed by atoms with Crippen LogP contribution in [0.3, 0.4) is 0 Å². The van der Waals surface area contributed by atoms with Crippen LogP contribution in [-0.4, -0.2) is 42.1 Å². The van der Waals surface area contributed by atoms with Crippen LogP contribution in [-0.2, 0) is 6.54 Å². The first-order valence-electron chi connectivity index (χ1n) is 6.62. The molecule has 0 spiro atoms. The number of rotatable bonds is 3. The SMILES string of the molecule is NCc1nc(N2CCN(C3CC3)CC2)ccc1Cl. The Morgan fingerprint density at radius 3 is 2.56 bits per heavy atom. The molecule has 1 aromatic heterocycles. The zero-order valence-corrected chi connectivity index (χ0v) is 11.2. The minimum absolute atomic E-state index is 0.398. The fourth-order valence-corrected chi connectivity index (χ4v) is 2.73. The highest BCUT2D eigenvalue weighted by atomic mass is 35.5. The Morgan fingerprint density at radius 2 is 1.94 bits per heavy atom. The van der Waals surface area contributed by atoms with Gasteiger partial charge in [0.25, 0.3) is 0 Å². The molecule has 2 heterocycles. The quantitative estimate of drug-likeness (QED) is 0.900. The third-order valence-electron chi connectivity index (χ3n) is 3.80. The number of halogens is 1. The van der Waals surface area contributed by atoms with Crippen molar-refractivity contribution in [2.75, 3.05) is 31.1 Å². The molecule has 5 heteroatoms. The highest BCUT2D eigenvalue weighted by molar-refractivity contribution is 6.31. The number of nitrogens with zero attached hydrogens (tertiary/aromatic N) is 3. The average molecular weight is 267 g/mol. The Bertz CT molecular complexity index is 425. The molecule has 1 aromatic rings. The zero-order valence-electron chi connectivity index (χ0n) is 10.5. The molecular formula is C13H19ClN4. The van der Waals surface area contributed by atoms with Crippen molar-refractivity contribution in [1.82, 2.24) is 9.88 Å². The molecule has 1 aliphatic carbocycles.